The predicted octanol–water partition coefficient (Wildman–Crippen LogP) is 3.55. The van der Waals surface area contributed by atoms with Gasteiger partial charge in [0.1, 0.15) is 0 Å². The summed E-state index contributed by atoms with van der Waals surface area (Å²) in [6.45, 7) is 2.86. The third kappa shape index (κ3) is 3.28. The number of hydrogen-bond donors (Lipinski definition) is 2. The summed E-state index contributed by atoms with van der Waals surface area (Å²) in [5, 5.41) is 17.4. The molecule has 0 saturated heterocycles. The van der Waals surface area contributed by atoms with E-state index in [-0.39, 0.29) is 0 Å². The second-order valence-electron chi connectivity index (χ2n) is 4.75. The number of tetrazole rings is 1. The molecule has 0 aliphatic heterocycles. The zero-order chi connectivity index (χ0) is 14.7. The van der Waals surface area contributed by atoms with E-state index in [0.29, 0.717) is 5.82 Å². The van der Waals surface area contributed by atoms with E-state index in [1.165, 1.54) is 11.1 Å². The van der Waals surface area contributed by atoms with Crippen molar-refractivity contribution in [1.82, 2.24) is 20.6 Å². The normalized spacial score (nSPS) is 10.6. The van der Waals surface area contributed by atoms with E-state index in [4.69, 9.17) is 0 Å². The number of hydrogen-bond acceptors (Lipinski definition) is 4. The molecule has 0 aliphatic carbocycles. The number of rotatable bonds is 4. The topological polar surface area (TPSA) is 66.5 Å². The molecule has 0 amide bonds. The molecule has 1 aromatic heterocycles. The number of aromatic nitrogens is 4. The molecule has 106 valence electrons. The fourth-order valence-corrected chi connectivity index (χ4v) is 2.32. The van der Waals surface area contributed by atoms with E-state index in [1.807, 2.05) is 24.3 Å². The van der Waals surface area contributed by atoms with Crippen molar-refractivity contribution in [3.63, 3.8) is 0 Å². The summed E-state index contributed by atoms with van der Waals surface area (Å²) in [4.78, 5) is 0. The van der Waals surface area contributed by atoms with Gasteiger partial charge in [-0.15, -0.1) is 10.2 Å². The molecule has 0 saturated carbocycles. The van der Waals surface area contributed by atoms with Crippen molar-refractivity contribution in [1.29, 1.82) is 0 Å². The van der Waals surface area contributed by atoms with Crippen LogP contribution >= 0.6 is 15.9 Å². The van der Waals surface area contributed by atoms with Crippen molar-refractivity contribution >= 4 is 21.6 Å². The highest BCUT2D eigenvalue weighted by molar-refractivity contribution is 9.10. The van der Waals surface area contributed by atoms with E-state index < -0.39 is 0 Å². The van der Waals surface area contributed by atoms with Crippen LogP contribution in [0.15, 0.2) is 46.9 Å². The fourth-order valence-electron chi connectivity index (χ4n) is 2.07. The van der Waals surface area contributed by atoms with E-state index in [1.54, 1.807) is 0 Å². The average Bonchev–Trinajstić information content (AvgIpc) is 3.03. The van der Waals surface area contributed by atoms with Crippen LogP contribution in [0.25, 0.3) is 11.4 Å². The monoisotopic (exact) mass is 343 g/mol. The quantitative estimate of drug-likeness (QED) is 0.760. The number of aromatic amines is 1. The lowest BCUT2D eigenvalue weighted by Gasteiger charge is -2.09. The van der Waals surface area contributed by atoms with Gasteiger partial charge in [-0.25, -0.2) is 0 Å². The first-order valence-corrected chi connectivity index (χ1v) is 7.34. The number of halogens is 1. The van der Waals surface area contributed by atoms with Gasteiger partial charge < -0.3 is 5.32 Å². The molecule has 0 bridgehead atoms. The largest absolute Gasteiger partial charge is 0.381 e. The molecule has 2 N–H and O–H groups in total. The van der Waals surface area contributed by atoms with Gasteiger partial charge >= 0.3 is 0 Å². The molecule has 0 spiro atoms. The molecule has 0 atom stereocenters. The van der Waals surface area contributed by atoms with Crippen molar-refractivity contribution in [3.8, 4) is 11.4 Å². The van der Waals surface area contributed by atoms with Crippen LogP contribution in [0.3, 0.4) is 0 Å². The van der Waals surface area contributed by atoms with E-state index >= 15 is 0 Å². The van der Waals surface area contributed by atoms with E-state index in [0.717, 1.165) is 22.3 Å². The van der Waals surface area contributed by atoms with Crippen molar-refractivity contribution in [2.75, 3.05) is 5.32 Å². The van der Waals surface area contributed by atoms with Gasteiger partial charge in [0.2, 0.25) is 5.82 Å². The molecule has 21 heavy (non-hydrogen) atoms. The number of benzene rings is 2. The molecule has 0 radical (unpaired) electrons. The van der Waals surface area contributed by atoms with Crippen molar-refractivity contribution in [3.05, 3.63) is 58.1 Å². The lowest BCUT2D eigenvalue weighted by atomic mass is 10.1. The molecular formula is C15H14BrN5. The Hall–Kier alpha value is -2.21. The number of nitrogens with zero attached hydrogens (tertiary/aromatic N) is 3. The lowest BCUT2D eigenvalue weighted by Crippen LogP contribution is -2.00. The third-order valence-electron chi connectivity index (χ3n) is 3.19. The molecule has 0 fully saturated rings. The van der Waals surface area contributed by atoms with Gasteiger partial charge in [0.25, 0.3) is 0 Å². The van der Waals surface area contributed by atoms with Crippen LogP contribution in [0.2, 0.25) is 0 Å². The standard InChI is InChI=1S/C15H14BrN5/c1-10-7-11(5-6-14(10)16)9-17-13-4-2-3-12(8-13)15-18-20-21-19-15/h2-8,17H,9H2,1H3,(H,18,19,20,21). The summed E-state index contributed by atoms with van der Waals surface area (Å²) in [7, 11) is 0. The Bertz CT molecular complexity index is 740. The minimum atomic E-state index is 0.595. The van der Waals surface area contributed by atoms with Gasteiger partial charge in [0.05, 0.1) is 0 Å². The smallest absolute Gasteiger partial charge is 0.204 e. The number of H-pyrrole nitrogens is 1. The van der Waals surface area contributed by atoms with Gasteiger partial charge in [0.15, 0.2) is 0 Å². The highest BCUT2D eigenvalue weighted by Gasteiger charge is 2.03. The summed E-state index contributed by atoms with van der Waals surface area (Å²) in [6, 6.07) is 14.3. The maximum Gasteiger partial charge on any atom is 0.204 e. The van der Waals surface area contributed by atoms with Crippen molar-refractivity contribution < 1.29 is 0 Å². The van der Waals surface area contributed by atoms with Crippen molar-refractivity contribution in [2.45, 2.75) is 13.5 Å². The van der Waals surface area contributed by atoms with E-state index in [2.05, 4.69) is 67.0 Å². The number of aryl methyl sites for hydroxylation is 1. The van der Waals surface area contributed by atoms with Gasteiger partial charge in [-0.1, -0.05) is 40.2 Å². The Morgan fingerprint density at radius 3 is 2.86 bits per heavy atom. The molecule has 3 aromatic rings. The first-order chi connectivity index (χ1) is 10.2. The summed E-state index contributed by atoms with van der Waals surface area (Å²) in [5.41, 5.74) is 4.43. The Morgan fingerprint density at radius 2 is 2.10 bits per heavy atom. The molecule has 2 aromatic carbocycles. The maximum atomic E-state index is 3.99. The molecular weight excluding hydrogens is 330 g/mol. The second kappa shape index (κ2) is 6.05. The third-order valence-corrected chi connectivity index (χ3v) is 4.07. The molecule has 0 unspecified atom stereocenters. The summed E-state index contributed by atoms with van der Waals surface area (Å²) in [5.74, 6) is 0.595. The predicted molar refractivity (Wildman–Crippen MR) is 85.8 cm³/mol. The molecule has 3 rings (SSSR count). The molecule has 6 heteroatoms. The first kappa shape index (κ1) is 13.8. The van der Waals surface area contributed by atoms with Crippen LogP contribution in [0.4, 0.5) is 5.69 Å². The highest BCUT2D eigenvalue weighted by Crippen LogP contribution is 2.20. The minimum absolute atomic E-state index is 0.595. The Kier molecular flexibility index (Phi) is 3.96. The minimum Gasteiger partial charge on any atom is -0.381 e. The zero-order valence-corrected chi connectivity index (χ0v) is 13.1. The second-order valence-corrected chi connectivity index (χ2v) is 5.61. The summed E-state index contributed by atoms with van der Waals surface area (Å²) in [6.07, 6.45) is 0. The van der Waals surface area contributed by atoms with Crippen LogP contribution in [0.1, 0.15) is 11.1 Å². The fraction of sp³-hybridized carbons (Fsp3) is 0.133. The Morgan fingerprint density at radius 1 is 1.19 bits per heavy atom. The van der Waals surface area contributed by atoms with Crippen LogP contribution in [0.5, 0.6) is 0 Å². The first-order valence-electron chi connectivity index (χ1n) is 6.55. The zero-order valence-electron chi connectivity index (χ0n) is 11.5. The van der Waals surface area contributed by atoms with Crippen LogP contribution in [-0.2, 0) is 6.54 Å². The SMILES string of the molecule is Cc1cc(CNc2cccc(-c3nn[nH]n3)c2)ccc1Br. The van der Waals surface area contributed by atoms with Crippen LogP contribution in [-0.4, -0.2) is 20.6 Å². The maximum absolute atomic E-state index is 3.99. The Labute approximate surface area is 130 Å². The summed E-state index contributed by atoms with van der Waals surface area (Å²) >= 11 is 3.51. The Balaban J connectivity index is 1.73. The van der Waals surface area contributed by atoms with Crippen LogP contribution < -0.4 is 5.32 Å². The van der Waals surface area contributed by atoms with Crippen LogP contribution in [0, 0.1) is 6.92 Å². The van der Waals surface area contributed by atoms with Gasteiger partial charge in [-0.2, -0.15) is 5.21 Å². The number of nitrogens with one attached hydrogen (secondary N) is 2. The molecule has 5 nitrogen and oxygen atoms in total. The average molecular weight is 344 g/mol. The lowest BCUT2D eigenvalue weighted by molar-refractivity contribution is 0.881. The highest BCUT2D eigenvalue weighted by atomic mass is 79.9. The summed E-state index contributed by atoms with van der Waals surface area (Å²) < 4.78 is 1.13. The molecule has 0 aliphatic rings. The van der Waals surface area contributed by atoms with Gasteiger partial charge in [-0.3, -0.25) is 0 Å². The van der Waals surface area contributed by atoms with Gasteiger partial charge in [0, 0.05) is 22.3 Å². The van der Waals surface area contributed by atoms with Gasteiger partial charge in [-0.05, 0) is 41.5 Å². The van der Waals surface area contributed by atoms with Crippen molar-refractivity contribution in [2.24, 2.45) is 0 Å². The molecule has 1 heterocycles. The van der Waals surface area contributed by atoms with E-state index in [9.17, 15) is 0 Å². The number of anilines is 1.